The molecule has 2 aliphatic rings. The molecule has 1 atom stereocenters. The summed E-state index contributed by atoms with van der Waals surface area (Å²) in [5, 5.41) is 12.3. The fourth-order valence-corrected chi connectivity index (χ4v) is 5.35. The van der Waals surface area contributed by atoms with E-state index in [4.69, 9.17) is 5.11 Å². The quantitative estimate of drug-likeness (QED) is 0.773. The highest BCUT2D eigenvalue weighted by atomic mass is 32.1. The number of piperidine rings is 1. The maximum atomic E-state index is 13.2. The summed E-state index contributed by atoms with van der Waals surface area (Å²) in [7, 11) is 0. The summed E-state index contributed by atoms with van der Waals surface area (Å²) < 4.78 is 0. The van der Waals surface area contributed by atoms with Crippen molar-refractivity contribution >= 4 is 34.1 Å². The molecule has 1 saturated heterocycles. The summed E-state index contributed by atoms with van der Waals surface area (Å²) in [5.74, 6) is -0.679. The molecule has 1 aliphatic carbocycles. The highest BCUT2D eigenvalue weighted by molar-refractivity contribution is 7.17. The Kier molecular flexibility index (Phi) is 6.52. The Hall–Kier alpha value is -1.89. The lowest BCUT2D eigenvalue weighted by molar-refractivity contribution is -0.138. The lowest BCUT2D eigenvalue weighted by atomic mass is 9.85. The molecule has 1 aromatic rings. The van der Waals surface area contributed by atoms with Crippen LogP contribution in [0, 0.1) is 5.92 Å². The highest BCUT2D eigenvalue weighted by Crippen LogP contribution is 2.41. The summed E-state index contributed by atoms with van der Waals surface area (Å²) >= 11 is 1.51. The van der Waals surface area contributed by atoms with Crippen LogP contribution in [0.4, 0.5) is 5.00 Å². The van der Waals surface area contributed by atoms with Crippen molar-refractivity contribution in [3.63, 3.8) is 0 Å². The van der Waals surface area contributed by atoms with E-state index in [2.05, 4.69) is 12.2 Å². The van der Waals surface area contributed by atoms with Crippen molar-refractivity contribution in [1.82, 2.24) is 4.90 Å². The molecule has 0 radical (unpaired) electrons. The molecule has 2 heterocycles. The van der Waals surface area contributed by atoms with Crippen molar-refractivity contribution in [1.29, 1.82) is 0 Å². The first-order valence-electron chi connectivity index (χ1n) is 9.95. The minimum atomic E-state index is -0.994. The van der Waals surface area contributed by atoms with Crippen LogP contribution < -0.4 is 5.32 Å². The van der Waals surface area contributed by atoms with Gasteiger partial charge in [-0.3, -0.25) is 14.4 Å². The Balaban J connectivity index is 1.86. The number of thiophene rings is 1. The Morgan fingerprint density at radius 1 is 1.19 bits per heavy atom. The molecule has 148 valence electrons. The van der Waals surface area contributed by atoms with Gasteiger partial charge in [0.1, 0.15) is 5.00 Å². The normalized spacial score (nSPS) is 19.4. The molecular formula is C20H28N2O4S. The zero-order valence-electron chi connectivity index (χ0n) is 15.9. The van der Waals surface area contributed by atoms with E-state index in [0.29, 0.717) is 16.5 Å². The van der Waals surface area contributed by atoms with Crippen molar-refractivity contribution in [3.05, 3.63) is 16.0 Å². The van der Waals surface area contributed by atoms with E-state index in [1.165, 1.54) is 16.2 Å². The zero-order chi connectivity index (χ0) is 19.4. The summed E-state index contributed by atoms with van der Waals surface area (Å²) in [5.41, 5.74) is 1.77. The second-order valence-corrected chi connectivity index (χ2v) is 8.62. The van der Waals surface area contributed by atoms with E-state index < -0.39 is 5.97 Å². The molecule has 1 fully saturated rings. The molecule has 1 aromatic heterocycles. The minimum Gasteiger partial charge on any atom is -0.481 e. The molecule has 2 amide bonds. The highest BCUT2D eigenvalue weighted by Gasteiger charge is 2.31. The third kappa shape index (κ3) is 4.69. The van der Waals surface area contributed by atoms with E-state index in [-0.39, 0.29) is 24.7 Å². The molecular weight excluding hydrogens is 364 g/mol. The van der Waals surface area contributed by atoms with Crippen LogP contribution >= 0.6 is 11.3 Å². The second kappa shape index (κ2) is 8.87. The Labute approximate surface area is 163 Å². The van der Waals surface area contributed by atoms with Gasteiger partial charge in [-0.2, -0.15) is 0 Å². The first-order chi connectivity index (χ1) is 13.0. The van der Waals surface area contributed by atoms with Gasteiger partial charge in [0, 0.05) is 24.4 Å². The van der Waals surface area contributed by atoms with Gasteiger partial charge in [0.25, 0.3) is 5.91 Å². The minimum absolute atomic E-state index is 0.0238. The van der Waals surface area contributed by atoms with Crippen LogP contribution in [0.1, 0.15) is 72.7 Å². The number of hydrogen-bond acceptors (Lipinski definition) is 4. The van der Waals surface area contributed by atoms with Crippen LogP contribution in [0.25, 0.3) is 0 Å². The van der Waals surface area contributed by atoms with Crippen molar-refractivity contribution in [3.8, 4) is 0 Å². The molecule has 0 unspecified atom stereocenters. The van der Waals surface area contributed by atoms with E-state index >= 15 is 0 Å². The summed E-state index contributed by atoms with van der Waals surface area (Å²) in [6, 6.07) is 0. The van der Waals surface area contributed by atoms with Crippen LogP contribution in [0.3, 0.4) is 0 Å². The molecule has 0 spiro atoms. The number of amides is 2. The number of carbonyl (C=O) groups excluding carboxylic acids is 2. The Morgan fingerprint density at radius 2 is 1.93 bits per heavy atom. The van der Waals surface area contributed by atoms with Gasteiger partial charge in [0.05, 0.1) is 12.0 Å². The summed E-state index contributed by atoms with van der Waals surface area (Å²) in [6.45, 7) is 3.73. The van der Waals surface area contributed by atoms with Crippen molar-refractivity contribution < 1.29 is 19.5 Å². The number of anilines is 1. The number of carboxylic acids is 1. The number of carbonyl (C=O) groups is 3. The zero-order valence-corrected chi connectivity index (χ0v) is 16.7. The molecule has 0 aromatic carbocycles. The standard InChI is InChI=1S/C20H28N2O4S/c1-2-13-6-7-14-15(12-13)27-19(21-16(23)8-9-17(24)25)18(14)20(26)22-10-4-3-5-11-22/h13H,2-12H2,1H3,(H,21,23)(H,24,25)/t13-/m0/s1. The number of carboxylic acid groups (broad SMARTS) is 1. The number of hydrogen-bond donors (Lipinski definition) is 2. The fourth-order valence-electron chi connectivity index (χ4n) is 3.98. The Bertz CT molecular complexity index is 722. The lowest BCUT2D eigenvalue weighted by Crippen LogP contribution is -2.36. The first kappa shape index (κ1) is 19.9. The van der Waals surface area contributed by atoms with Crippen molar-refractivity contribution in [2.75, 3.05) is 18.4 Å². The molecule has 0 bridgehead atoms. The molecule has 2 N–H and O–H groups in total. The van der Waals surface area contributed by atoms with Crippen LogP contribution in [-0.2, 0) is 22.4 Å². The number of rotatable bonds is 6. The molecule has 6 nitrogen and oxygen atoms in total. The SMILES string of the molecule is CC[C@H]1CCc2c(sc(NC(=O)CCC(=O)O)c2C(=O)N2CCCCC2)C1. The molecule has 27 heavy (non-hydrogen) atoms. The first-order valence-corrected chi connectivity index (χ1v) is 10.8. The molecule has 1 aliphatic heterocycles. The molecule has 3 rings (SSSR count). The predicted octanol–water partition coefficient (Wildman–Crippen LogP) is 3.69. The van der Waals surface area contributed by atoms with Crippen LogP contribution in [0.15, 0.2) is 0 Å². The summed E-state index contributed by atoms with van der Waals surface area (Å²) in [6.07, 6.45) is 6.96. The van der Waals surface area contributed by atoms with Gasteiger partial charge >= 0.3 is 5.97 Å². The number of nitrogens with zero attached hydrogens (tertiary/aromatic N) is 1. The van der Waals surface area contributed by atoms with Gasteiger partial charge in [-0.15, -0.1) is 11.3 Å². The number of fused-ring (bicyclic) bond motifs is 1. The summed E-state index contributed by atoms with van der Waals surface area (Å²) in [4.78, 5) is 39.3. The van der Waals surface area contributed by atoms with Gasteiger partial charge in [-0.1, -0.05) is 13.3 Å². The monoisotopic (exact) mass is 392 g/mol. The van der Waals surface area contributed by atoms with Crippen LogP contribution in [0.2, 0.25) is 0 Å². The van der Waals surface area contributed by atoms with Gasteiger partial charge < -0.3 is 15.3 Å². The fraction of sp³-hybridized carbons (Fsp3) is 0.650. The third-order valence-corrected chi connectivity index (χ3v) is 6.79. The van der Waals surface area contributed by atoms with E-state index in [0.717, 1.165) is 63.6 Å². The number of likely N-dealkylation sites (tertiary alicyclic amines) is 1. The van der Waals surface area contributed by atoms with Crippen LogP contribution in [-0.4, -0.2) is 40.9 Å². The molecule has 7 heteroatoms. The van der Waals surface area contributed by atoms with E-state index in [1.807, 2.05) is 4.90 Å². The maximum Gasteiger partial charge on any atom is 0.303 e. The van der Waals surface area contributed by atoms with Gasteiger partial charge in [0.2, 0.25) is 5.91 Å². The second-order valence-electron chi connectivity index (χ2n) is 7.52. The predicted molar refractivity (Wildman–Crippen MR) is 105 cm³/mol. The van der Waals surface area contributed by atoms with Crippen molar-refractivity contribution in [2.45, 2.75) is 64.7 Å². The van der Waals surface area contributed by atoms with Gasteiger partial charge in [0.15, 0.2) is 0 Å². The van der Waals surface area contributed by atoms with Crippen molar-refractivity contribution in [2.24, 2.45) is 5.92 Å². The largest absolute Gasteiger partial charge is 0.481 e. The number of nitrogens with one attached hydrogen (secondary N) is 1. The van der Waals surface area contributed by atoms with E-state index in [9.17, 15) is 14.4 Å². The lowest BCUT2D eigenvalue weighted by Gasteiger charge is -2.28. The van der Waals surface area contributed by atoms with Gasteiger partial charge in [-0.25, -0.2) is 0 Å². The average molecular weight is 393 g/mol. The van der Waals surface area contributed by atoms with E-state index in [1.54, 1.807) is 0 Å². The van der Waals surface area contributed by atoms with Gasteiger partial charge in [-0.05, 0) is 50.0 Å². The molecule has 0 saturated carbocycles. The smallest absolute Gasteiger partial charge is 0.303 e. The average Bonchev–Trinajstić information content (AvgIpc) is 3.03. The Morgan fingerprint density at radius 3 is 2.59 bits per heavy atom. The topological polar surface area (TPSA) is 86.7 Å². The number of aliphatic carboxylic acids is 1. The maximum absolute atomic E-state index is 13.2. The van der Waals surface area contributed by atoms with Crippen LogP contribution in [0.5, 0.6) is 0 Å². The third-order valence-electron chi connectivity index (χ3n) is 5.62.